The van der Waals surface area contributed by atoms with Crippen molar-refractivity contribution in [2.75, 3.05) is 14.2 Å². The van der Waals surface area contributed by atoms with Gasteiger partial charge >= 0.3 is 0 Å². The van der Waals surface area contributed by atoms with Gasteiger partial charge in [0.15, 0.2) is 5.16 Å². The predicted molar refractivity (Wildman–Crippen MR) is 114 cm³/mol. The third kappa shape index (κ3) is 4.14. The van der Waals surface area contributed by atoms with Gasteiger partial charge in [0.2, 0.25) is 10.0 Å². The number of rotatable bonds is 7. The lowest BCUT2D eigenvalue weighted by molar-refractivity contribution is 0.398. The number of imidazole rings is 1. The first-order valence-corrected chi connectivity index (χ1v) is 11.7. The molecule has 0 spiro atoms. The van der Waals surface area contributed by atoms with Gasteiger partial charge < -0.3 is 14.0 Å². The van der Waals surface area contributed by atoms with Crippen molar-refractivity contribution < 1.29 is 17.9 Å². The molecule has 0 atom stereocenters. The molecular formula is C18H20BrN3O4S2. The van der Waals surface area contributed by atoms with Crippen LogP contribution in [0.2, 0.25) is 0 Å². The van der Waals surface area contributed by atoms with Crippen LogP contribution in [0.25, 0.3) is 11.0 Å². The quantitative estimate of drug-likeness (QED) is 0.511. The van der Waals surface area contributed by atoms with Crippen LogP contribution in [0.15, 0.2) is 44.9 Å². The Kier molecular flexibility index (Phi) is 6.23. The fraction of sp³-hybridized carbons (Fsp3) is 0.278. The van der Waals surface area contributed by atoms with Crippen molar-refractivity contribution in [1.29, 1.82) is 0 Å². The molecule has 0 radical (unpaired) electrons. The molecule has 10 heteroatoms. The maximum absolute atomic E-state index is 11.6. The van der Waals surface area contributed by atoms with Crippen LogP contribution >= 0.6 is 27.7 Å². The molecule has 2 aromatic carbocycles. The first-order chi connectivity index (χ1) is 13.3. The normalized spacial score (nSPS) is 11.8. The Bertz CT molecular complexity index is 1130. The van der Waals surface area contributed by atoms with Crippen molar-refractivity contribution in [3.8, 4) is 11.5 Å². The molecule has 0 amide bonds. The van der Waals surface area contributed by atoms with Gasteiger partial charge in [-0.3, -0.25) is 0 Å². The molecule has 28 heavy (non-hydrogen) atoms. The minimum absolute atomic E-state index is 0.0524. The van der Waals surface area contributed by atoms with Gasteiger partial charge in [-0.15, -0.1) is 0 Å². The topological polar surface area (TPSA) is 96.4 Å². The molecule has 0 saturated heterocycles. The van der Waals surface area contributed by atoms with E-state index < -0.39 is 10.0 Å². The zero-order valence-electron chi connectivity index (χ0n) is 15.6. The van der Waals surface area contributed by atoms with Gasteiger partial charge in [-0.2, -0.15) is 0 Å². The number of methoxy groups -OCH3 is 2. The highest BCUT2D eigenvalue weighted by Crippen LogP contribution is 2.36. The number of nitrogens with zero attached hydrogens (tertiary/aromatic N) is 2. The molecule has 1 heterocycles. The number of hydrogen-bond donors (Lipinski definition) is 1. The number of primary sulfonamides is 1. The molecule has 0 bridgehead atoms. The van der Waals surface area contributed by atoms with Gasteiger partial charge in [0, 0.05) is 17.9 Å². The summed E-state index contributed by atoms with van der Waals surface area (Å²) in [5.74, 6) is 2.08. The van der Waals surface area contributed by atoms with Crippen molar-refractivity contribution >= 4 is 48.7 Å². The molecule has 150 valence electrons. The van der Waals surface area contributed by atoms with Crippen LogP contribution in [0.1, 0.15) is 12.5 Å². The second kappa shape index (κ2) is 8.32. The van der Waals surface area contributed by atoms with Gasteiger partial charge in [0.1, 0.15) is 11.5 Å². The maximum Gasteiger partial charge on any atom is 0.238 e. The third-order valence-electron chi connectivity index (χ3n) is 4.24. The van der Waals surface area contributed by atoms with Gasteiger partial charge in [0.25, 0.3) is 0 Å². The van der Waals surface area contributed by atoms with E-state index in [1.54, 1.807) is 20.3 Å². The van der Waals surface area contributed by atoms with E-state index in [1.807, 2.05) is 23.6 Å². The molecule has 0 aliphatic carbocycles. The Morgan fingerprint density at radius 1 is 1.18 bits per heavy atom. The van der Waals surface area contributed by atoms with Gasteiger partial charge in [0.05, 0.1) is 34.6 Å². The molecule has 0 aliphatic rings. The Balaban J connectivity index is 1.96. The number of aryl methyl sites for hydroxylation is 1. The van der Waals surface area contributed by atoms with E-state index >= 15 is 0 Å². The number of nitrogens with two attached hydrogens (primary N) is 1. The average molecular weight is 486 g/mol. The van der Waals surface area contributed by atoms with E-state index in [4.69, 9.17) is 14.6 Å². The lowest BCUT2D eigenvalue weighted by Gasteiger charge is -2.12. The lowest BCUT2D eigenvalue weighted by Crippen LogP contribution is -2.11. The van der Waals surface area contributed by atoms with Gasteiger partial charge in [-0.1, -0.05) is 11.8 Å². The summed E-state index contributed by atoms with van der Waals surface area (Å²) in [7, 11) is -0.534. The molecule has 1 aromatic heterocycles. The van der Waals surface area contributed by atoms with E-state index in [0.717, 1.165) is 32.2 Å². The molecule has 0 fully saturated rings. The molecule has 0 unspecified atom stereocenters. The first kappa shape index (κ1) is 21.0. The molecule has 0 aliphatic heterocycles. The highest BCUT2D eigenvalue weighted by atomic mass is 79.9. The third-order valence-corrected chi connectivity index (χ3v) is 6.80. The zero-order chi connectivity index (χ0) is 20.5. The summed E-state index contributed by atoms with van der Waals surface area (Å²) >= 11 is 5.00. The SMILES string of the molecule is CCn1c(SCc2cc(OC)c(Br)cc2OC)nc2cc(S(N)(=O)=O)ccc21. The van der Waals surface area contributed by atoms with Crippen LogP contribution in [0.4, 0.5) is 0 Å². The minimum Gasteiger partial charge on any atom is -0.496 e. The van der Waals surface area contributed by atoms with Crippen LogP contribution in [0, 0.1) is 0 Å². The zero-order valence-corrected chi connectivity index (χ0v) is 18.8. The molecule has 0 saturated carbocycles. The predicted octanol–water partition coefficient (Wildman–Crippen LogP) is 3.78. The summed E-state index contributed by atoms with van der Waals surface area (Å²) in [6, 6.07) is 8.54. The molecule has 2 N–H and O–H groups in total. The number of ether oxygens (including phenoxy) is 2. The lowest BCUT2D eigenvalue weighted by atomic mass is 10.2. The fourth-order valence-corrected chi connectivity index (χ4v) is 4.93. The number of aromatic nitrogens is 2. The summed E-state index contributed by atoms with van der Waals surface area (Å²) in [6.07, 6.45) is 0. The van der Waals surface area contributed by atoms with Crippen molar-refractivity contribution in [3.63, 3.8) is 0 Å². The summed E-state index contributed by atoms with van der Waals surface area (Å²) in [5.41, 5.74) is 2.42. The second-order valence-electron chi connectivity index (χ2n) is 5.92. The Morgan fingerprint density at radius 2 is 1.89 bits per heavy atom. The molecule has 3 rings (SSSR count). The maximum atomic E-state index is 11.6. The average Bonchev–Trinajstić information content (AvgIpc) is 3.02. The number of benzene rings is 2. The van der Waals surface area contributed by atoms with E-state index in [1.165, 1.54) is 23.9 Å². The molecule has 7 nitrogen and oxygen atoms in total. The van der Waals surface area contributed by atoms with Crippen molar-refractivity contribution in [3.05, 3.63) is 40.4 Å². The van der Waals surface area contributed by atoms with E-state index in [9.17, 15) is 8.42 Å². The van der Waals surface area contributed by atoms with Gasteiger partial charge in [-0.05, 0) is 53.2 Å². The van der Waals surface area contributed by atoms with Crippen molar-refractivity contribution in [1.82, 2.24) is 9.55 Å². The Morgan fingerprint density at radius 3 is 2.50 bits per heavy atom. The van der Waals surface area contributed by atoms with Crippen molar-refractivity contribution in [2.45, 2.75) is 29.3 Å². The Hall–Kier alpha value is -1.75. The first-order valence-electron chi connectivity index (χ1n) is 8.34. The standard InChI is InChI=1S/C18H20BrN3O4S2/c1-4-22-15-6-5-12(28(20,23)24)8-14(15)21-18(22)27-10-11-7-17(26-3)13(19)9-16(11)25-2/h5-9H,4,10H2,1-3H3,(H2,20,23,24). The number of fused-ring (bicyclic) bond motifs is 1. The summed E-state index contributed by atoms with van der Waals surface area (Å²) < 4.78 is 36.9. The van der Waals surface area contributed by atoms with Crippen LogP contribution in [-0.2, 0) is 22.3 Å². The second-order valence-corrected chi connectivity index (χ2v) is 9.28. The monoisotopic (exact) mass is 485 g/mol. The summed E-state index contributed by atoms with van der Waals surface area (Å²) in [5, 5.41) is 6.02. The van der Waals surface area contributed by atoms with Crippen LogP contribution in [-0.4, -0.2) is 32.2 Å². The number of thioether (sulfide) groups is 1. The number of sulfonamides is 1. The van der Waals surface area contributed by atoms with Gasteiger partial charge in [-0.25, -0.2) is 18.5 Å². The van der Waals surface area contributed by atoms with Crippen LogP contribution < -0.4 is 14.6 Å². The summed E-state index contributed by atoms with van der Waals surface area (Å²) in [6.45, 7) is 2.72. The smallest absolute Gasteiger partial charge is 0.238 e. The van der Waals surface area contributed by atoms with Crippen LogP contribution in [0.3, 0.4) is 0 Å². The number of halogens is 1. The summed E-state index contributed by atoms with van der Waals surface area (Å²) in [4.78, 5) is 4.67. The van der Waals surface area contributed by atoms with Crippen molar-refractivity contribution in [2.24, 2.45) is 5.14 Å². The highest BCUT2D eigenvalue weighted by Gasteiger charge is 2.16. The molecule has 3 aromatic rings. The molecular weight excluding hydrogens is 466 g/mol. The minimum atomic E-state index is -3.77. The van der Waals surface area contributed by atoms with Crippen LogP contribution in [0.5, 0.6) is 11.5 Å². The van der Waals surface area contributed by atoms with E-state index in [2.05, 4.69) is 20.9 Å². The largest absolute Gasteiger partial charge is 0.496 e. The number of hydrogen-bond acceptors (Lipinski definition) is 6. The van der Waals surface area contributed by atoms with E-state index in [-0.39, 0.29) is 4.90 Å². The van der Waals surface area contributed by atoms with E-state index in [0.29, 0.717) is 17.8 Å². The Labute approximate surface area is 176 Å². The fourth-order valence-electron chi connectivity index (χ4n) is 2.86. The highest BCUT2D eigenvalue weighted by molar-refractivity contribution is 9.10.